The van der Waals surface area contributed by atoms with Gasteiger partial charge >= 0.3 is 5.97 Å². The van der Waals surface area contributed by atoms with Crippen molar-refractivity contribution in [2.75, 3.05) is 19.6 Å². The van der Waals surface area contributed by atoms with Crippen LogP contribution in [0.25, 0.3) is 0 Å². The lowest BCUT2D eigenvalue weighted by Gasteiger charge is -2.34. The second kappa shape index (κ2) is 6.57. The van der Waals surface area contributed by atoms with E-state index >= 15 is 0 Å². The molecule has 5 nitrogen and oxygen atoms in total. The van der Waals surface area contributed by atoms with Gasteiger partial charge in [0.15, 0.2) is 0 Å². The van der Waals surface area contributed by atoms with E-state index in [0.29, 0.717) is 19.4 Å². The molecule has 1 unspecified atom stereocenters. The molecule has 1 saturated heterocycles. The Kier molecular flexibility index (Phi) is 5.57. The van der Waals surface area contributed by atoms with Crippen molar-refractivity contribution < 1.29 is 14.7 Å². The molecule has 0 aromatic heterocycles. The van der Waals surface area contributed by atoms with Crippen LogP contribution in [0.5, 0.6) is 0 Å². The molecular formula is C15H28N2O3. The van der Waals surface area contributed by atoms with Crippen molar-refractivity contribution in [2.45, 2.75) is 47.0 Å². The van der Waals surface area contributed by atoms with E-state index in [-0.39, 0.29) is 18.4 Å². The molecule has 116 valence electrons. The Hall–Kier alpha value is -1.10. The first kappa shape index (κ1) is 17.0. The molecule has 1 rings (SSSR count). The van der Waals surface area contributed by atoms with Crippen LogP contribution in [0.3, 0.4) is 0 Å². The zero-order chi connectivity index (χ0) is 15.4. The monoisotopic (exact) mass is 284 g/mol. The smallest absolute Gasteiger partial charge is 0.311 e. The molecule has 1 heterocycles. The Morgan fingerprint density at radius 2 is 1.95 bits per heavy atom. The molecular weight excluding hydrogens is 256 g/mol. The van der Waals surface area contributed by atoms with Crippen molar-refractivity contribution in [3.8, 4) is 0 Å². The Bertz CT molecular complexity index is 356. The summed E-state index contributed by atoms with van der Waals surface area (Å²) in [5, 5.41) is 15.6. The van der Waals surface area contributed by atoms with E-state index in [1.807, 2.05) is 13.8 Å². The highest BCUT2D eigenvalue weighted by molar-refractivity contribution is 5.84. The first-order valence-corrected chi connectivity index (χ1v) is 7.57. The van der Waals surface area contributed by atoms with Gasteiger partial charge < -0.3 is 15.7 Å². The summed E-state index contributed by atoms with van der Waals surface area (Å²) >= 11 is 0. The fraction of sp³-hybridized carbons (Fsp3) is 0.867. The van der Waals surface area contributed by atoms with E-state index in [0.717, 1.165) is 13.0 Å². The summed E-state index contributed by atoms with van der Waals surface area (Å²) in [5.41, 5.74) is -1.24. The van der Waals surface area contributed by atoms with Crippen LogP contribution >= 0.6 is 0 Å². The van der Waals surface area contributed by atoms with Crippen LogP contribution in [-0.4, -0.2) is 36.6 Å². The van der Waals surface area contributed by atoms with Gasteiger partial charge in [-0.1, -0.05) is 27.7 Å². The number of rotatable bonds is 7. The standard InChI is InChI=1S/C15H28N2O3/c1-5-14(6-2,13(19)20)9-17-12(18)15(11(3)4)7-8-16-10-15/h11,16H,5-10H2,1-4H3,(H,17,18)(H,19,20). The molecule has 5 heteroatoms. The number of carbonyl (C=O) groups is 2. The predicted octanol–water partition coefficient (Wildman–Crippen LogP) is 1.63. The molecule has 1 atom stereocenters. The number of carbonyl (C=O) groups excluding carboxylic acids is 1. The molecule has 3 N–H and O–H groups in total. The van der Waals surface area contributed by atoms with Crippen molar-refractivity contribution in [3.05, 3.63) is 0 Å². The Morgan fingerprint density at radius 1 is 1.35 bits per heavy atom. The largest absolute Gasteiger partial charge is 0.481 e. The predicted molar refractivity (Wildman–Crippen MR) is 78.4 cm³/mol. The van der Waals surface area contributed by atoms with Gasteiger partial charge in [0.05, 0.1) is 10.8 Å². The van der Waals surface area contributed by atoms with Gasteiger partial charge in [-0.2, -0.15) is 0 Å². The van der Waals surface area contributed by atoms with Crippen molar-refractivity contribution in [1.82, 2.24) is 10.6 Å². The number of aliphatic carboxylic acids is 1. The molecule has 0 bridgehead atoms. The van der Waals surface area contributed by atoms with Crippen LogP contribution in [0.2, 0.25) is 0 Å². The molecule has 20 heavy (non-hydrogen) atoms. The number of nitrogens with one attached hydrogen (secondary N) is 2. The number of carboxylic acid groups (broad SMARTS) is 1. The third kappa shape index (κ3) is 2.97. The van der Waals surface area contributed by atoms with Crippen molar-refractivity contribution in [3.63, 3.8) is 0 Å². The van der Waals surface area contributed by atoms with E-state index in [1.165, 1.54) is 0 Å². The van der Waals surface area contributed by atoms with Gasteiger partial charge in [0.1, 0.15) is 0 Å². The van der Waals surface area contributed by atoms with Gasteiger partial charge in [0.25, 0.3) is 0 Å². The highest BCUT2D eigenvalue weighted by atomic mass is 16.4. The maximum Gasteiger partial charge on any atom is 0.311 e. The highest BCUT2D eigenvalue weighted by Crippen LogP contribution is 2.35. The fourth-order valence-electron chi connectivity index (χ4n) is 2.96. The Balaban J connectivity index is 2.77. The van der Waals surface area contributed by atoms with E-state index in [2.05, 4.69) is 24.5 Å². The summed E-state index contributed by atoms with van der Waals surface area (Å²) in [5.74, 6) is -0.601. The minimum absolute atomic E-state index is 0.00924. The third-order valence-electron chi connectivity index (χ3n) is 5.14. The lowest BCUT2D eigenvalue weighted by atomic mass is 9.75. The van der Waals surface area contributed by atoms with Gasteiger partial charge in [-0.25, -0.2) is 0 Å². The summed E-state index contributed by atoms with van der Waals surface area (Å²) in [6, 6.07) is 0. The minimum atomic E-state index is -0.847. The molecule has 0 aromatic carbocycles. The number of amides is 1. The number of hydrogen-bond donors (Lipinski definition) is 3. The fourth-order valence-corrected chi connectivity index (χ4v) is 2.96. The van der Waals surface area contributed by atoms with E-state index in [1.54, 1.807) is 0 Å². The zero-order valence-electron chi connectivity index (χ0n) is 13.1. The molecule has 0 spiro atoms. The molecule has 0 saturated carbocycles. The highest BCUT2D eigenvalue weighted by Gasteiger charge is 2.45. The van der Waals surface area contributed by atoms with E-state index in [4.69, 9.17) is 0 Å². The molecule has 0 aromatic rings. The van der Waals surface area contributed by atoms with E-state index in [9.17, 15) is 14.7 Å². The summed E-state index contributed by atoms with van der Waals surface area (Å²) in [6.45, 7) is 9.56. The van der Waals surface area contributed by atoms with Crippen LogP contribution in [0.15, 0.2) is 0 Å². The topological polar surface area (TPSA) is 78.4 Å². The Morgan fingerprint density at radius 3 is 2.30 bits per heavy atom. The first-order chi connectivity index (χ1) is 9.34. The van der Waals surface area contributed by atoms with Crippen molar-refractivity contribution in [2.24, 2.45) is 16.7 Å². The van der Waals surface area contributed by atoms with Crippen LogP contribution < -0.4 is 10.6 Å². The van der Waals surface area contributed by atoms with Crippen LogP contribution in [0, 0.1) is 16.7 Å². The van der Waals surface area contributed by atoms with Gasteiger partial charge in [0.2, 0.25) is 5.91 Å². The molecule has 0 aliphatic carbocycles. The second-order valence-corrected chi connectivity index (χ2v) is 6.21. The molecule has 0 radical (unpaired) electrons. The average molecular weight is 284 g/mol. The van der Waals surface area contributed by atoms with Gasteiger partial charge in [-0.05, 0) is 31.7 Å². The van der Waals surface area contributed by atoms with Gasteiger partial charge in [-0.15, -0.1) is 0 Å². The lowest BCUT2D eigenvalue weighted by molar-refractivity contribution is -0.149. The van der Waals surface area contributed by atoms with Crippen molar-refractivity contribution >= 4 is 11.9 Å². The van der Waals surface area contributed by atoms with E-state index < -0.39 is 16.8 Å². The number of hydrogen-bond acceptors (Lipinski definition) is 3. The van der Waals surface area contributed by atoms with Crippen molar-refractivity contribution in [1.29, 1.82) is 0 Å². The van der Waals surface area contributed by atoms with Gasteiger partial charge in [-0.3, -0.25) is 9.59 Å². The molecule has 1 aliphatic heterocycles. The third-order valence-corrected chi connectivity index (χ3v) is 5.14. The summed E-state index contributed by atoms with van der Waals surface area (Å²) in [6.07, 6.45) is 1.85. The summed E-state index contributed by atoms with van der Waals surface area (Å²) in [7, 11) is 0. The maximum absolute atomic E-state index is 12.6. The quantitative estimate of drug-likeness (QED) is 0.664. The normalized spacial score (nSPS) is 23.1. The molecule has 1 fully saturated rings. The molecule has 1 aliphatic rings. The van der Waals surface area contributed by atoms with Crippen LogP contribution in [0.4, 0.5) is 0 Å². The average Bonchev–Trinajstić information content (AvgIpc) is 2.90. The maximum atomic E-state index is 12.6. The SMILES string of the molecule is CCC(CC)(CNC(=O)C1(C(C)C)CCNC1)C(=O)O. The number of carboxylic acids is 1. The Labute approximate surface area is 121 Å². The zero-order valence-corrected chi connectivity index (χ0v) is 13.1. The minimum Gasteiger partial charge on any atom is -0.481 e. The second-order valence-electron chi connectivity index (χ2n) is 6.21. The molecule has 1 amide bonds. The summed E-state index contributed by atoms with van der Waals surface area (Å²) in [4.78, 5) is 24.0. The van der Waals surface area contributed by atoms with Crippen LogP contribution in [0.1, 0.15) is 47.0 Å². The first-order valence-electron chi connectivity index (χ1n) is 7.57. The lowest BCUT2D eigenvalue weighted by Crippen LogP contribution is -2.50. The van der Waals surface area contributed by atoms with Crippen LogP contribution in [-0.2, 0) is 9.59 Å². The van der Waals surface area contributed by atoms with Gasteiger partial charge in [0, 0.05) is 13.1 Å². The summed E-state index contributed by atoms with van der Waals surface area (Å²) < 4.78 is 0.